The van der Waals surface area contributed by atoms with E-state index >= 15 is 0 Å². The largest absolute Gasteiger partial charge is 0.481 e. The summed E-state index contributed by atoms with van der Waals surface area (Å²) in [6.45, 7) is 2.14. The Morgan fingerprint density at radius 2 is 1.48 bits per heavy atom. The van der Waals surface area contributed by atoms with Crippen molar-refractivity contribution in [2.75, 3.05) is 0 Å². The van der Waals surface area contributed by atoms with Gasteiger partial charge in [-0.15, -0.1) is 0 Å². The maximum atomic E-state index is 10.3. The van der Waals surface area contributed by atoms with E-state index < -0.39 is 5.97 Å². The van der Waals surface area contributed by atoms with Gasteiger partial charge in [-0.1, -0.05) is 79.8 Å². The van der Waals surface area contributed by atoms with Crippen LogP contribution < -0.4 is 0 Å². The lowest BCUT2D eigenvalue weighted by atomic mass is 10.2. The minimum absolute atomic E-state index is 0.205. The molecule has 0 aromatic rings. The summed E-state index contributed by atoms with van der Waals surface area (Å²) in [7, 11) is 0. The zero-order valence-corrected chi connectivity index (χ0v) is 15.1. The summed E-state index contributed by atoms with van der Waals surface area (Å²) in [5.74, 6) is -0.746. The lowest BCUT2D eigenvalue weighted by Gasteiger charge is -1.87. The van der Waals surface area contributed by atoms with Gasteiger partial charge in [0.2, 0.25) is 0 Å². The summed E-state index contributed by atoms with van der Waals surface area (Å²) in [6.07, 6.45) is 30.2. The average molecular weight is 342 g/mol. The number of ether oxygens (including phenoxy) is 1. The SMILES string of the molecule is CCC1OC1C=CC=CC=CCC=CCC=CCC=CCCC(=O)O. The van der Waals surface area contributed by atoms with Gasteiger partial charge in [0.15, 0.2) is 0 Å². The van der Waals surface area contributed by atoms with E-state index in [-0.39, 0.29) is 6.42 Å². The summed E-state index contributed by atoms with van der Waals surface area (Å²) in [6, 6.07) is 0. The maximum absolute atomic E-state index is 10.3. The van der Waals surface area contributed by atoms with E-state index in [1.165, 1.54) is 0 Å². The van der Waals surface area contributed by atoms with Crippen molar-refractivity contribution in [1.29, 1.82) is 0 Å². The van der Waals surface area contributed by atoms with Crippen molar-refractivity contribution in [2.45, 2.75) is 57.7 Å². The fraction of sp³-hybridized carbons (Fsp3) is 0.409. The summed E-state index contributed by atoms with van der Waals surface area (Å²) in [5.41, 5.74) is 0. The third kappa shape index (κ3) is 12.9. The molecule has 3 heteroatoms. The number of carboxylic acid groups (broad SMARTS) is 1. The molecule has 0 radical (unpaired) electrons. The number of aliphatic carboxylic acids is 1. The van der Waals surface area contributed by atoms with E-state index in [9.17, 15) is 4.79 Å². The minimum Gasteiger partial charge on any atom is -0.481 e. The first kappa shape index (κ1) is 20.9. The van der Waals surface area contributed by atoms with E-state index in [2.05, 4.69) is 49.5 Å². The average Bonchev–Trinajstić information content (AvgIpc) is 3.36. The van der Waals surface area contributed by atoms with Crippen LogP contribution in [0.4, 0.5) is 0 Å². The minimum atomic E-state index is -0.746. The van der Waals surface area contributed by atoms with Crippen LogP contribution in [0.25, 0.3) is 0 Å². The van der Waals surface area contributed by atoms with Gasteiger partial charge in [0.05, 0.1) is 6.10 Å². The monoisotopic (exact) mass is 342 g/mol. The van der Waals surface area contributed by atoms with Crippen LogP contribution >= 0.6 is 0 Å². The van der Waals surface area contributed by atoms with Crippen molar-refractivity contribution < 1.29 is 14.6 Å². The predicted octanol–water partition coefficient (Wildman–Crippen LogP) is 5.54. The van der Waals surface area contributed by atoms with E-state index in [1.807, 2.05) is 30.4 Å². The van der Waals surface area contributed by atoms with E-state index in [1.54, 1.807) is 0 Å². The third-order valence-corrected chi connectivity index (χ3v) is 3.64. The van der Waals surface area contributed by atoms with Crippen molar-refractivity contribution in [2.24, 2.45) is 0 Å². The van der Waals surface area contributed by atoms with Crippen molar-refractivity contribution in [1.82, 2.24) is 0 Å². The number of hydrogen-bond acceptors (Lipinski definition) is 2. The zero-order valence-electron chi connectivity index (χ0n) is 15.1. The molecule has 1 aliphatic rings. The van der Waals surface area contributed by atoms with Gasteiger partial charge < -0.3 is 9.84 Å². The number of epoxide rings is 1. The van der Waals surface area contributed by atoms with Crippen molar-refractivity contribution in [3.8, 4) is 0 Å². The molecule has 0 aliphatic carbocycles. The normalized spacial score (nSPS) is 21.2. The molecule has 1 aliphatic heterocycles. The fourth-order valence-electron chi connectivity index (χ4n) is 2.15. The molecule has 2 unspecified atom stereocenters. The molecule has 2 atom stereocenters. The Balaban J connectivity index is 1.97. The predicted molar refractivity (Wildman–Crippen MR) is 105 cm³/mol. The lowest BCUT2D eigenvalue weighted by Crippen LogP contribution is -1.91. The van der Waals surface area contributed by atoms with Crippen LogP contribution in [0, 0.1) is 0 Å². The Labute approximate surface area is 151 Å². The molecule has 0 bridgehead atoms. The Bertz CT molecular complexity index is 535. The van der Waals surface area contributed by atoms with E-state index in [0.717, 1.165) is 25.7 Å². The highest BCUT2D eigenvalue weighted by Crippen LogP contribution is 2.25. The summed E-state index contributed by atoms with van der Waals surface area (Å²) in [5, 5.41) is 8.50. The van der Waals surface area contributed by atoms with Gasteiger partial charge in [-0.25, -0.2) is 0 Å². The second-order valence-electron chi connectivity index (χ2n) is 5.80. The van der Waals surface area contributed by atoms with Crippen LogP contribution in [0.2, 0.25) is 0 Å². The highest BCUT2D eigenvalue weighted by Gasteiger charge is 2.33. The van der Waals surface area contributed by atoms with Crippen LogP contribution in [-0.4, -0.2) is 23.3 Å². The molecule has 1 rings (SSSR count). The van der Waals surface area contributed by atoms with Gasteiger partial charge in [0.25, 0.3) is 0 Å². The molecular weight excluding hydrogens is 312 g/mol. The van der Waals surface area contributed by atoms with Crippen LogP contribution in [0.5, 0.6) is 0 Å². The molecule has 0 aromatic carbocycles. The maximum Gasteiger partial charge on any atom is 0.303 e. The fourth-order valence-corrected chi connectivity index (χ4v) is 2.15. The molecule has 25 heavy (non-hydrogen) atoms. The van der Waals surface area contributed by atoms with Crippen LogP contribution in [0.3, 0.4) is 0 Å². The molecule has 1 heterocycles. The zero-order chi connectivity index (χ0) is 18.2. The molecule has 136 valence electrons. The second kappa shape index (κ2) is 14.2. The van der Waals surface area contributed by atoms with Gasteiger partial charge in [-0.3, -0.25) is 4.79 Å². The molecule has 0 amide bonds. The smallest absolute Gasteiger partial charge is 0.303 e. The van der Waals surface area contributed by atoms with Gasteiger partial charge in [-0.2, -0.15) is 0 Å². The number of rotatable bonds is 13. The van der Waals surface area contributed by atoms with Crippen molar-refractivity contribution in [3.63, 3.8) is 0 Å². The lowest BCUT2D eigenvalue weighted by molar-refractivity contribution is -0.136. The number of hydrogen-bond donors (Lipinski definition) is 1. The quantitative estimate of drug-likeness (QED) is 0.272. The first-order valence-corrected chi connectivity index (χ1v) is 9.06. The Morgan fingerprint density at radius 3 is 2.08 bits per heavy atom. The van der Waals surface area contributed by atoms with E-state index in [0.29, 0.717) is 18.6 Å². The molecule has 3 nitrogen and oxygen atoms in total. The second-order valence-corrected chi connectivity index (χ2v) is 5.80. The van der Waals surface area contributed by atoms with Gasteiger partial charge in [0.1, 0.15) is 6.10 Å². The molecule has 1 N–H and O–H groups in total. The van der Waals surface area contributed by atoms with Crippen molar-refractivity contribution >= 4 is 5.97 Å². The van der Waals surface area contributed by atoms with Crippen molar-refractivity contribution in [3.05, 3.63) is 72.9 Å². The summed E-state index contributed by atoms with van der Waals surface area (Å²) >= 11 is 0. The standard InChI is InChI=1S/C22H30O3/c1-2-20-21(25-20)18-16-14-12-10-8-6-4-3-5-7-9-11-13-15-17-19-22(23)24/h3-4,7-10,12-16,18,20-21H,2,5-6,11,17,19H2,1H3,(H,23,24). The Morgan fingerprint density at radius 1 is 0.880 bits per heavy atom. The molecule has 1 saturated heterocycles. The van der Waals surface area contributed by atoms with Gasteiger partial charge >= 0.3 is 5.97 Å². The highest BCUT2D eigenvalue weighted by molar-refractivity contribution is 5.66. The summed E-state index contributed by atoms with van der Waals surface area (Å²) < 4.78 is 5.42. The first-order chi connectivity index (χ1) is 12.2. The number of allylic oxidation sites excluding steroid dienone is 11. The Hall–Kier alpha value is -2.13. The summed E-state index contributed by atoms with van der Waals surface area (Å²) in [4.78, 5) is 10.3. The highest BCUT2D eigenvalue weighted by atomic mass is 16.6. The molecule has 0 spiro atoms. The van der Waals surface area contributed by atoms with Gasteiger partial charge in [-0.05, 0) is 32.1 Å². The topological polar surface area (TPSA) is 49.8 Å². The molecule has 0 saturated carbocycles. The number of carboxylic acids is 1. The molecular formula is C22H30O3. The first-order valence-electron chi connectivity index (χ1n) is 9.06. The van der Waals surface area contributed by atoms with Crippen LogP contribution in [0.1, 0.15) is 45.4 Å². The number of carbonyl (C=O) groups is 1. The molecule has 1 fully saturated rings. The van der Waals surface area contributed by atoms with Gasteiger partial charge in [0, 0.05) is 6.42 Å². The van der Waals surface area contributed by atoms with Crippen LogP contribution in [0.15, 0.2) is 72.9 Å². The Kier molecular flexibility index (Phi) is 11.9. The third-order valence-electron chi connectivity index (χ3n) is 3.64. The molecule has 0 aromatic heterocycles. The van der Waals surface area contributed by atoms with Crippen LogP contribution in [-0.2, 0) is 9.53 Å². The van der Waals surface area contributed by atoms with E-state index in [4.69, 9.17) is 9.84 Å².